The predicted octanol–water partition coefficient (Wildman–Crippen LogP) is 4.10. The fourth-order valence-electron chi connectivity index (χ4n) is 3.30. The van der Waals surface area contributed by atoms with Crippen LogP contribution in [0.15, 0.2) is 24.3 Å². The minimum absolute atomic E-state index is 0.332. The maximum Gasteiger partial charge on any atom is 0.0470 e. The Bertz CT molecular complexity index is 402. The lowest BCUT2D eigenvalue weighted by Gasteiger charge is -2.30. The highest BCUT2D eigenvalue weighted by molar-refractivity contribution is 6.30. The van der Waals surface area contributed by atoms with Crippen LogP contribution in [0.4, 0.5) is 0 Å². The topological polar surface area (TPSA) is 29.3 Å². The molecule has 0 radical (unpaired) electrons. The molecule has 3 heteroatoms. The summed E-state index contributed by atoms with van der Waals surface area (Å²) < 4.78 is 0. The van der Waals surface area contributed by atoms with Gasteiger partial charge in [-0.15, -0.1) is 0 Å². The first-order chi connectivity index (χ1) is 9.61. The molecule has 0 spiro atoms. The Kier molecular flexibility index (Phi) is 5.88. The van der Waals surface area contributed by atoms with Crippen LogP contribution in [-0.2, 0) is 0 Å². The molecule has 0 bridgehead atoms. The van der Waals surface area contributed by atoms with Crippen molar-refractivity contribution in [1.82, 2.24) is 4.90 Å². The molecule has 112 valence electrons. The van der Waals surface area contributed by atoms with Gasteiger partial charge < -0.3 is 5.73 Å². The van der Waals surface area contributed by atoms with Gasteiger partial charge in [0.05, 0.1) is 0 Å². The molecule has 2 nitrogen and oxygen atoms in total. The smallest absolute Gasteiger partial charge is 0.0470 e. The molecule has 20 heavy (non-hydrogen) atoms. The van der Waals surface area contributed by atoms with Crippen molar-refractivity contribution in [3.05, 3.63) is 34.9 Å². The van der Waals surface area contributed by atoms with Crippen molar-refractivity contribution in [3.63, 3.8) is 0 Å². The third-order valence-corrected chi connectivity index (χ3v) is 4.92. The molecular weight excluding hydrogens is 268 g/mol. The van der Waals surface area contributed by atoms with E-state index >= 15 is 0 Å². The van der Waals surface area contributed by atoms with Gasteiger partial charge in [-0.3, -0.25) is 4.90 Å². The van der Waals surface area contributed by atoms with Gasteiger partial charge in [0.2, 0.25) is 0 Å². The third kappa shape index (κ3) is 3.97. The Morgan fingerprint density at radius 3 is 2.50 bits per heavy atom. The number of hydrogen-bond acceptors (Lipinski definition) is 2. The lowest BCUT2D eigenvalue weighted by molar-refractivity contribution is 0.204. The van der Waals surface area contributed by atoms with Crippen molar-refractivity contribution in [3.8, 4) is 0 Å². The summed E-state index contributed by atoms with van der Waals surface area (Å²) in [4.78, 5) is 2.56. The van der Waals surface area contributed by atoms with Gasteiger partial charge in [0.1, 0.15) is 0 Å². The van der Waals surface area contributed by atoms with Crippen LogP contribution in [0.3, 0.4) is 0 Å². The van der Waals surface area contributed by atoms with E-state index in [4.69, 9.17) is 17.3 Å². The molecule has 0 aliphatic carbocycles. The molecule has 1 heterocycles. The summed E-state index contributed by atoms with van der Waals surface area (Å²) in [5.74, 6) is 1.66. The Balaban J connectivity index is 2.06. The van der Waals surface area contributed by atoms with Gasteiger partial charge in [0, 0.05) is 17.6 Å². The molecule has 1 fully saturated rings. The molecule has 0 saturated carbocycles. The summed E-state index contributed by atoms with van der Waals surface area (Å²) >= 11 is 5.98. The van der Waals surface area contributed by atoms with Gasteiger partial charge in [0.25, 0.3) is 0 Å². The van der Waals surface area contributed by atoms with Crippen LogP contribution in [0.2, 0.25) is 5.02 Å². The zero-order valence-electron chi connectivity index (χ0n) is 12.7. The minimum Gasteiger partial charge on any atom is -0.329 e. The van der Waals surface area contributed by atoms with E-state index in [1.54, 1.807) is 0 Å². The SMILES string of the molecule is CC(C)C1CCCN(C(CN)c2ccc(Cl)cc2)CC1. The molecule has 1 aliphatic rings. The van der Waals surface area contributed by atoms with Gasteiger partial charge in [-0.25, -0.2) is 0 Å². The molecule has 0 aromatic heterocycles. The predicted molar refractivity (Wildman–Crippen MR) is 87.0 cm³/mol. The van der Waals surface area contributed by atoms with Gasteiger partial charge in [-0.1, -0.05) is 37.6 Å². The molecule has 0 amide bonds. The highest BCUT2D eigenvalue weighted by Gasteiger charge is 2.24. The van der Waals surface area contributed by atoms with Crippen molar-refractivity contribution in [2.75, 3.05) is 19.6 Å². The molecule has 1 aromatic rings. The Hall–Kier alpha value is -0.570. The minimum atomic E-state index is 0.332. The molecule has 2 atom stereocenters. The Morgan fingerprint density at radius 2 is 1.90 bits per heavy atom. The van der Waals surface area contributed by atoms with E-state index in [0.29, 0.717) is 12.6 Å². The molecule has 1 aliphatic heterocycles. The third-order valence-electron chi connectivity index (χ3n) is 4.67. The van der Waals surface area contributed by atoms with Gasteiger partial charge in [0.15, 0.2) is 0 Å². The summed E-state index contributed by atoms with van der Waals surface area (Å²) in [6.07, 6.45) is 3.93. The normalized spacial score (nSPS) is 22.8. The number of hydrogen-bond donors (Lipinski definition) is 1. The second-order valence-electron chi connectivity index (χ2n) is 6.27. The van der Waals surface area contributed by atoms with E-state index < -0.39 is 0 Å². The van der Waals surface area contributed by atoms with E-state index in [2.05, 4.69) is 30.9 Å². The van der Waals surface area contributed by atoms with Crippen molar-refractivity contribution < 1.29 is 0 Å². The van der Waals surface area contributed by atoms with Crippen LogP contribution in [0.5, 0.6) is 0 Å². The van der Waals surface area contributed by atoms with Crippen molar-refractivity contribution >= 4 is 11.6 Å². The van der Waals surface area contributed by atoms with Crippen LogP contribution in [-0.4, -0.2) is 24.5 Å². The molecule has 2 N–H and O–H groups in total. The summed E-state index contributed by atoms with van der Waals surface area (Å²) in [5.41, 5.74) is 7.34. The summed E-state index contributed by atoms with van der Waals surface area (Å²) in [6, 6.07) is 8.50. The standard InChI is InChI=1S/C17H27ClN2/c1-13(2)14-4-3-10-20(11-9-14)17(12-19)15-5-7-16(18)8-6-15/h5-8,13-14,17H,3-4,9-12,19H2,1-2H3. The largest absolute Gasteiger partial charge is 0.329 e. The van der Waals surface area contributed by atoms with Crippen molar-refractivity contribution in [2.45, 2.75) is 39.2 Å². The highest BCUT2D eigenvalue weighted by Crippen LogP contribution is 2.29. The molecule has 2 rings (SSSR count). The van der Waals surface area contributed by atoms with E-state index in [1.807, 2.05) is 12.1 Å². The number of nitrogens with two attached hydrogens (primary N) is 1. The van der Waals surface area contributed by atoms with Gasteiger partial charge >= 0.3 is 0 Å². The van der Waals surface area contributed by atoms with Gasteiger partial charge in [-0.2, -0.15) is 0 Å². The van der Waals surface area contributed by atoms with Crippen LogP contribution >= 0.6 is 11.6 Å². The van der Waals surface area contributed by atoms with Gasteiger partial charge in [-0.05, 0) is 61.9 Å². The monoisotopic (exact) mass is 294 g/mol. The second kappa shape index (κ2) is 7.44. The van der Waals surface area contributed by atoms with E-state index in [9.17, 15) is 0 Å². The van der Waals surface area contributed by atoms with Crippen molar-refractivity contribution in [1.29, 1.82) is 0 Å². The first-order valence-electron chi connectivity index (χ1n) is 7.81. The summed E-state index contributed by atoms with van der Waals surface area (Å²) in [7, 11) is 0. The van der Waals surface area contributed by atoms with E-state index in [0.717, 1.165) is 29.9 Å². The Labute approximate surface area is 128 Å². The number of nitrogens with zero attached hydrogens (tertiary/aromatic N) is 1. The fraction of sp³-hybridized carbons (Fsp3) is 0.647. The number of rotatable bonds is 4. The first-order valence-corrected chi connectivity index (χ1v) is 8.19. The molecule has 1 aromatic carbocycles. The number of halogens is 1. The van der Waals surface area contributed by atoms with Crippen molar-refractivity contribution in [2.24, 2.45) is 17.6 Å². The average Bonchev–Trinajstić information content (AvgIpc) is 2.68. The second-order valence-corrected chi connectivity index (χ2v) is 6.71. The number of likely N-dealkylation sites (tertiary alicyclic amines) is 1. The lowest BCUT2D eigenvalue weighted by Crippen LogP contribution is -2.34. The molecule has 1 saturated heterocycles. The molecule has 2 unspecified atom stereocenters. The van der Waals surface area contributed by atoms with Crippen LogP contribution in [0.25, 0.3) is 0 Å². The maximum atomic E-state index is 6.04. The lowest BCUT2D eigenvalue weighted by atomic mass is 9.89. The highest BCUT2D eigenvalue weighted by atomic mass is 35.5. The van der Waals surface area contributed by atoms with Crippen LogP contribution in [0.1, 0.15) is 44.7 Å². The van der Waals surface area contributed by atoms with Crippen LogP contribution in [0, 0.1) is 11.8 Å². The average molecular weight is 295 g/mol. The fourth-order valence-corrected chi connectivity index (χ4v) is 3.43. The van der Waals surface area contributed by atoms with Crippen LogP contribution < -0.4 is 5.73 Å². The quantitative estimate of drug-likeness (QED) is 0.906. The first kappa shape index (κ1) is 15.8. The zero-order valence-corrected chi connectivity index (χ0v) is 13.4. The van der Waals surface area contributed by atoms with E-state index in [1.165, 1.54) is 24.8 Å². The van der Waals surface area contributed by atoms with E-state index in [-0.39, 0.29) is 0 Å². The maximum absolute atomic E-state index is 6.04. The summed E-state index contributed by atoms with van der Waals surface area (Å²) in [5, 5.41) is 0.792. The molecular formula is C17H27ClN2. The number of benzene rings is 1. The zero-order chi connectivity index (χ0) is 14.5. The Morgan fingerprint density at radius 1 is 1.20 bits per heavy atom. The summed E-state index contributed by atoms with van der Waals surface area (Å²) in [6.45, 7) is 7.69.